The maximum absolute atomic E-state index is 13.0. The van der Waals surface area contributed by atoms with Crippen LogP contribution in [0.3, 0.4) is 0 Å². The van der Waals surface area contributed by atoms with Gasteiger partial charge in [0.05, 0.1) is 0 Å². The molecule has 1 amide bonds. The Balaban J connectivity index is 2.05. The van der Waals surface area contributed by atoms with Crippen LogP contribution in [0.15, 0.2) is 42.5 Å². The smallest absolute Gasteiger partial charge is 0.251 e. The van der Waals surface area contributed by atoms with Gasteiger partial charge in [-0.1, -0.05) is 29.3 Å². The highest BCUT2D eigenvalue weighted by molar-refractivity contribution is 5.94. The molecule has 98 valence electrons. The molecule has 0 aliphatic carbocycles. The molecule has 0 radical (unpaired) electrons. The molecule has 3 heteroatoms. The van der Waals surface area contributed by atoms with Crippen LogP contribution < -0.4 is 5.32 Å². The summed E-state index contributed by atoms with van der Waals surface area (Å²) < 4.78 is 13.0. The first kappa shape index (κ1) is 13.3. The lowest BCUT2D eigenvalue weighted by atomic mass is 10.1. The zero-order chi connectivity index (χ0) is 13.8. The van der Waals surface area contributed by atoms with Crippen LogP contribution in [0, 0.1) is 19.7 Å². The summed E-state index contributed by atoms with van der Waals surface area (Å²) in [6.45, 7) is 4.23. The molecule has 0 fully saturated rings. The summed E-state index contributed by atoms with van der Waals surface area (Å²) in [5.74, 6) is -0.436. The molecule has 1 N–H and O–H groups in total. The van der Waals surface area contributed by atoms with Gasteiger partial charge >= 0.3 is 0 Å². The summed E-state index contributed by atoms with van der Waals surface area (Å²) in [4.78, 5) is 12.0. The fraction of sp³-hybridized carbons (Fsp3) is 0.188. The average Bonchev–Trinajstić information content (AvgIpc) is 2.35. The molecule has 2 nitrogen and oxygen atoms in total. The Kier molecular flexibility index (Phi) is 3.95. The number of carbonyl (C=O) groups is 1. The van der Waals surface area contributed by atoms with E-state index in [4.69, 9.17) is 0 Å². The largest absolute Gasteiger partial charge is 0.348 e. The van der Waals surface area contributed by atoms with Crippen LogP contribution in [0.1, 0.15) is 27.0 Å². The fourth-order valence-electron chi connectivity index (χ4n) is 2.04. The Labute approximate surface area is 112 Å². The number of nitrogens with one attached hydrogen (secondary N) is 1. The van der Waals surface area contributed by atoms with Gasteiger partial charge in [0, 0.05) is 12.1 Å². The van der Waals surface area contributed by atoms with Crippen LogP contribution in [-0.4, -0.2) is 5.91 Å². The zero-order valence-electron chi connectivity index (χ0n) is 11.0. The summed E-state index contributed by atoms with van der Waals surface area (Å²) in [7, 11) is 0. The van der Waals surface area contributed by atoms with Gasteiger partial charge in [-0.05, 0) is 43.7 Å². The summed E-state index contributed by atoms with van der Waals surface area (Å²) in [6, 6.07) is 11.9. The highest BCUT2D eigenvalue weighted by Crippen LogP contribution is 2.09. The van der Waals surface area contributed by atoms with E-state index in [1.165, 1.54) is 12.1 Å². The quantitative estimate of drug-likeness (QED) is 0.897. The monoisotopic (exact) mass is 257 g/mol. The van der Waals surface area contributed by atoms with Crippen LogP contribution in [0.5, 0.6) is 0 Å². The number of hydrogen-bond donors (Lipinski definition) is 1. The van der Waals surface area contributed by atoms with E-state index in [0.29, 0.717) is 12.1 Å². The maximum atomic E-state index is 13.0. The van der Waals surface area contributed by atoms with Crippen molar-refractivity contribution in [1.82, 2.24) is 5.32 Å². The number of hydrogen-bond acceptors (Lipinski definition) is 1. The molecule has 2 aromatic rings. The lowest BCUT2D eigenvalue weighted by molar-refractivity contribution is 0.0950. The number of aryl methyl sites for hydroxylation is 2. The van der Waals surface area contributed by atoms with Gasteiger partial charge < -0.3 is 5.32 Å². The minimum absolute atomic E-state index is 0.143. The number of rotatable bonds is 3. The first-order chi connectivity index (χ1) is 9.04. The van der Waals surface area contributed by atoms with Crippen molar-refractivity contribution in [3.63, 3.8) is 0 Å². The molecule has 2 aromatic carbocycles. The van der Waals surface area contributed by atoms with Crippen molar-refractivity contribution < 1.29 is 9.18 Å². The van der Waals surface area contributed by atoms with Crippen LogP contribution in [0.2, 0.25) is 0 Å². The van der Waals surface area contributed by atoms with E-state index in [-0.39, 0.29) is 11.7 Å². The number of amides is 1. The second-order valence-electron chi connectivity index (χ2n) is 4.69. The molecule has 0 saturated heterocycles. The second-order valence-corrected chi connectivity index (χ2v) is 4.69. The minimum atomic E-state index is -0.293. The molecule has 0 heterocycles. The van der Waals surface area contributed by atoms with Gasteiger partial charge in [0.2, 0.25) is 0 Å². The molecule has 0 aliphatic heterocycles. The molecule has 0 aliphatic rings. The Hall–Kier alpha value is -2.16. The lowest BCUT2D eigenvalue weighted by Gasteiger charge is -2.07. The van der Waals surface area contributed by atoms with Crippen molar-refractivity contribution >= 4 is 5.91 Å². The first-order valence-corrected chi connectivity index (χ1v) is 6.15. The Bertz CT molecular complexity index is 587. The molecule has 0 aromatic heterocycles. The van der Waals surface area contributed by atoms with Gasteiger partial charge in [-0.3, -0.25) is 4.79 Å². The third-order valence-corrected chi connectivity index (χ3v) is 2.83. The predicted octanol–water partition coefficient (Wildman–Crippen LogP) is 3.37. The van der Waals surface area contributed by atoms with E-state index in [1.54, 1.807) is 12.1 Å². The van der Waals surface area contributed by atoms with E-state index < -0.39 is 0 Å². The Morgan fingerprint density at radius 1 is 1.11 bits per heavy atom. The van der Waals surface area contributed by atoms with Crippen molar-refractivity contribution in [2.75, 3.05) is 0 Å². The normalized spacial score (nSPS) is 10.3. The summed E-state index contributed by atoms with van der Waals surface area (Å²) >= 11 is 0. The molecule has 0 bridgehead atoms. The maximum Gasteiger partial charge on any atom is 0.251 e. The Morgan fingerprint density at radius 2 is 1.79 bits per heavy atom. The van der Waals surface area contributed by atoms with E-state index in [1.807, 2.05) is 32.0 Å². The highest BCUT2D eigenvalue weighted by atomic mass is 19.1. The van der Waals surface area contributed by atoms with Crippen molar-refractivity contribution in [3.05, 3.63) is 70.5 Å². The van der Waals surface area contributed by atoms with Gasteiger partial charge in [-0.15, -0.1) is 0 Å². The van der Waals surface area contributed by atoms with Gasteiger partial charge in [-0.2, -0.15) is 0 Å². The Morgan fingerprint density at radius 3 is 2.42 bits per heavy atom. The van der Waals surface area contributed by atoms with E-state index in [0.717, 1.165) is 16.7 Å². The third kappa shape index (κ3) is 3.65. The third-order valence-electron chi connectivity index (χ3n) is 2.83. The van der Waals surface area contributed by atoms with E-state index in [9.17, 15) is 9.18 Å². The topological polar surface area (TPSA) is 29.1 Å². The van der Waals surface area contributed by atoms with E-state index in [2.05, 4.69) is 5.32 Å². The SMILES string of the molecule is Cc1cc(C)cc(C(=O)NCc2cccc(F)c2)c1. The molecule has 0 atom stereocenters. The average molecular weight is 257 g/mol. The summed E-state index contributed by atoms with van der Waals surface area (Å²) in [5.41, 5.74) is 3.48. The van der Waals surface area contributed by atoms with E-state index >= 15 is 0 Å². The first-order valence-electron chi connectivity index (χ1n) is 6.15. The summed E-state index contributed by atoms with van der Waals surface area (Å²) in [6.07, 6.45) is 0. The van der Waals surface area contributed by atoms with Crippen LogP contribution in [-0.2, 0) is 6.54 Å². The fourth-order valence-corrected chi connectivity index (χ4v) is 2.04. The van der Waals surface area contributed by atoms with Gasteiger partial charge in [-0.25, -0.2) is 4.39 Å². The predicted molar refractivity (Wildman–Crippen MR) is 73.5 cm³/mol. The zero-order valence-corrected chi connectivity index (χ0v) is 11.0. The van der Waals surface area contributed by atoms with Gasteiger partial charge in [0.1, 0.15) is 5.82 Å². The molecular formula is C16H16FNO. The number of halogens is 1. The van der Waals surface area contributed by atoms with Crippen molar-refractivity contribution in [2.45, 2.75) is 20.4 Å². The standard InChI is InChI=1S/C16H16FNO/c1-11-6-12(2)8-14(7-11)16(19)18-10-13-4-3-5-15(17)9-13/h3-9H,10H2,1-2H3,(H,18,19). The van der Waals surface area contributed by atoms with Crippen LogP contribution in [0.4, 0.5) is 4.39 Å². The van der Waals surface area contributed by atoms with Crippen molar-refractivity contribution in [2.24, 2.45) is 0 Å². The van der Waals surface area contributed by atoms with Crippen LogP contribution in [0.25, 0.3) is 0 Å². The molecule has 0 saturated carbocycles. The molecular weight excluding hydrogens is 241 g/mol. The highest BCUT2D eigenvalue weighted by Gasteiger charge is 2.06. The molecule has 2 rings (SSSR count). The number of benzene rings is 2. The number of carbonyl (C=O) groups excluding carboxylic acids is 1. The lowest BCUT2D eigenvalue weighted by Crippen LogP contribution is -2.23. The molecule has 0 unspecified atom stereocenters. The molecule has 0 spiro atoms. The van der Waals surface area contributed by atoms with Crippen molar-refractivity contribution in [3.8, 4) is 0 Å². The van der Waals surface area contributed by atoms with Crippen molar-refractivity contribution in [1.29, 1.82) is 0 Å². The minimum Gasteiger partial charge on any atom is -0.348 e. The second kappa shape index (κ2) is 5.65. The summed E-state index contributed by atoms with van der Waals surface area (Å²) in [5, 5.41) is 2.79. The molecule has 19 heavy (non-hydrogen) atoms. The van der Waals surface area contributed by atoms with Crippen LogP contribution >= 0.6 is 0 Å². The van der Waals surface area contributed by atoms with Gasteiger partial charge in [0.25, 0.3) is 5.91 Å². The van der Waals surface area contributed by atoms with Gasteiger partial charge in [0.15, 0.2) is 0 Å².